The quantitative estimate of drug-likeness (QED) is 0.0627. The summed E-state index contributed by atoms with van der Waals surface area (Å²) < 4.78 is 5.09. The first-order valence-electron chi connectivity index (χ1n) is 15.7. The second-order valence-electron chi connectivity index (χ2n) is 11.2. The summed E-state index contributed by atoms with van der Waals surface area (Å²) in [7, 11) is 1.36. The molecule has 1 aliphatic rings. The van der Waals surface area contributed by atoms with Gasteiger partial charge in [-0.1, -0.05) is 61.3 Å². The molecule has 1 aliphatic carbocycles. The minimum atomic E-state index is -0.529. The molecule has 5 rings (SSSR count). The lowest BCUT2D eigenvalue weighted by Gasteiger charge is -2.16. The molecular weight excluding hydrogens is 666 g/mol. The van der Waals surface area contributed by atoms with Crippen molar-refractivity contribution in [3.05, 3.63) is 117 Å². The lowest BCUT2D eigenvalue weighted by Crippen LogP contribution is -2.30. The maximum atomic E-state index is 13.6. The zero-order chi connectivity index (χ0) is 34.0. The van der Waals surface area contributed by atoms with E-state index < -0.39 is 23.0 Å². The number of ether oxygens (including phenoxy) is 1. The molecule has 0 bridgehead atoms. The van der Waals surface area contributed by atoms with Crippen LogP contribution in [-0.2, 0) is 27.2 Å². The molecule has 1 atom stereocenters. The van der Waals surface area contributed by atoms with E-state index in [2.05, 4.69) is 16.0 Å². The molecule has 11 heteroatoms. The number of halogens is 1. The Balaban J connectivity index is 1.32. The first-order valence-corrected chi connectivity index (χ1v) is 17.8. The predicted octanol–water partition coefficient (Wildman–Crippen LogP) is 8.38. The molecule has 1 heterocycles. The molecule has 0 saturated carbocycles. The average molecular weight is 702 g/mol. The Morgan fingerprint density at radius 3 is 2.46 bits per heavy atom. The number of hydrogen-bond donors (Lipinski definition) is 3. The minimum absolute atomic E-state index is 0.0331. The Hall–Kier alpha value is -4.38. The summed E-state index contributed by atoms with van der Waals surface area (Å²) in [5.74, 6) is -1.61. The van der Waals surface area contributed by atoms with E-state index in [0.29, 0.717) is 38.8 Å². The fraction of sp³-hybridized carbons (Fsp3) is 0.243. The summed E-state index contributed by atoms with van der Waals surface area (Å²) in [4.78, 5) is 54.8. The molecule has 1 aromatic heterocycles. The molecule has 248 valence electrons. The van der Waals surface area contributed by atoms with Gasteiger partial charge in [0.2, 0.25) is 5.91 Å². The third-order valence-electron chi connectivity index (χ3n) is 7.77. The van der Waals surface area contributed by atoms with Crippen molar-refractivity contribution in [3.8, 4) is 0 Å². The fourth-order valence-corrected chi connectivity index (χ4v) is 7.87. The van der Waals surface area contributed by atoms with E-state index in [-0.39, 0.29) is 11.6 Å². The molecule has 4 aromatic rings. The standard InChI is InChI=1S/C37H36ClN3O5S2/c1-3-30(35(44)41-36-32(37(45)46-2)28-18-8-5-9-19-31(28)48-36)47-27-17-11-16-26(22-27)39-34(43)29(21-23-12-10-15-25(38)20-23)40-33(42)24-13-6-4-7-14-24/h4,6-7,10-17,20-22,30H,3,5,8-9,18-19H2,1-2H3,(H,39,43)(H,40,42)(H,41,44)/b29-21-. The average Bonchev–Trinajstić information content (AvgIpc) is 3.26. The third kappa shape index (κ3) is 8.94. The summed E-state index contributed by atoms with van der Waals surface area (Å²) in [5, 5.41) is 9.20. The number of thioether (sulfide) groups is 1. The summed E-state index contributed by atoms with van der Waals surface area (Å²) in [6, 6.07) is 22.7. The van der Waals surface area contributed by atoms with Crippen molar-refractivity contribution in [2.45, 2.75) is 55.6 Å². The van der Waals surface area contributed by atoms with Crippen LogP contribution in [0.25, 0.3) is 6.08 Å². The number of thiophene rings is 1. The number of anilines is 2. The highest BCUT2D eigenvalue weighted by molar-refractivity contribution is 8.00. The number of amides is 3. The van der Waals surface area contributed by atoms with Crippen LogP contribution in [0.1, 0.15) is 69.3 Å². The van der Waals surface area contributed by atoms with Crippen LogP contribution in [0.15, 0.2) is 89.5 Å². The first kappa shape index (κ1) is 34.9. The molecule has 0 fully saturated rings. The number of rotatable bonds is 11. The monoisotopic (exact) mass is 701 g/mol. The zero-order valence-electron chi connectivity index (χ0n) is 26.6. The van der Waals surface area contributed by atoms with E-state index in [1.54, 1.807) is 78.9 Å². The fourth-order valence-electron chi connectivity index (χ4n) is 5.38. The third-order valence-corrected chi connectivity index (χ3v) is 10.6. The summed E-state index contributed by atoms with van der Waals surface area (Å²) >= 11 is 8.99. The van der Waals surface area contributed by atoms with Crippen molar-refractivity contribution in [1.29, 1.82) is 0 Å². The van der Waals surface area contributed by atoms with Gasteiger partial charge < -0.3 is 20.7 Å². The number of carbonyl (C=O) groups excluding carboxylic acids is 4. The molecule has 8 nitrogen and oxygen atoms in total. The Morgan fingerprint density at radius 2 is 1.71 bits per heavy atom. The van der Waals surface area contributed by atoms with Gasteiger partial charge >= 0.3 is 5.97 Å². The van der Waals surface area contributed by atoms with E-state index >= 15 is 0 Å². The van der Waals surface area contributed by atoms with E-state index in [0.717, 1.165) is 47.4 Å². The van der Waals surface area contributed by atoms with Crippen molar-refractivity contribution in [2.75, 3.05) is 17.7 Å². The second-order valence-corrected chi connectivity index (χ2v) is 14.0. The summed E-state index contributed by atoms with van der Waals surface area (Å²) in [6.45, 7) is 1.93. The minimum Gasteiger partial charge on any atom is -0.465 e. The molecule has 3 amide bonds. The summed E-state index contributed by atoms with van der Waals surface area (Å²) in [5.41, 5.74) is 3.03. The zero-order valence-corrected chi connectivity index (χ0v) is 29.0. The number of nitrogens with one attached hydrogen (secondary N) is 3. The number of aryl methyl sites for hydroxylation is 1. The molecule has 0 radical (unpaired) electrons. The first-order chi connectivity index (χ1) is 23.2. The highest BCUT2D eigenvalue weighted by Gasteiger charge is 2.28. The van der Waals surface area contributed by atoms with Crippen LogP contribution in [-0.4, -0.2) is 36.1 Å². The van der Waals surface area contributed by atoms with Crippen LogP contribution in [0.5, 0.6) is 0 Å². The Labute approximate surface area is 293 Å². The molecule has 3 N–H and O–H groups in total. The van der Waals surface area contributed by atoms with Gasteiger partial charge in [0.25, 0.3) is 11.8 Å². The van der Waals surface area contributed by atoms with Crippen LogP contribution in [0.3, 0.4) is 0 Å². The molecule has 48 heavy (non-hydrogen) atoms. The molecule has 0 saturated heterocycles. The van der Waals surface area contributed by atoms with Gasteiger partial charge in [0.15, 0.2) is 0 Å². The number of esters is 1. The molecule has 0 spiro atoms. The second kappa shape index (κ2) is 16.6. The van der Waals surface area contributed by atoms with Gasteiger partial charge in [-0.15, -0.1) is 23.1 Å². The highest BCUT2D eigenvalue weighted by Crippen LogP contribution is 2.39. The van der Waals surface area contributed by atoms with E-state index in [1.807, 2.05) is 13.0 Å². The number of hydrogen-bond acceptors (Lipinski definition) is 7. The number of methoxy groups -OCH3 is 1. The van der Waals surface area contributed by atoms with Gasteiger partial charge in [0.1, 0.15) is 10.7 Å². The number of fused-ring (bicyclic) bond motifs is 1. The topological polar surface area (TPSA) is 114 Å². The van der Waals surface area contributed by atoms with Crippen molar-refractivity contribution >= 4 is 75.2 Å². The van der Waals surface area contributed by atoms with Gasteiger partial charge in [0, 0.05) is 26.0 Å². The number of benzene rings is 3. The van der Waals surface area contributed by atoms with Gasteiger partial charge in [-0.3, -0.25) is 14.4 Å². The van der Waals surface area contributed by atoms with Crippen molar-refractivity contribution in [1.82, 2.24) is 5.32 Å². The van der Waals surface area contributed by atoms with Gasteiger partial charge in [0.05, 0.1) is 17.9 Å². The van der Waals surface area contributed by atoms with Crippen LogP contribution in [0, 0.1) is 0 Å². The molecule has 3 aromatic carbocycles. The molecule has 0 aliphatic heterocycles. The lowest BCUT2D eigenvalue weighted by molar-refractivity contribution is -0.116. The predicted molar refractivity (Wildman–Crippen MR) is 194 cm³/mol. The largest absolute Gasteiger partial charge is 0.465 e. The molecule has 1 unspecified atom stereocenters. The Kier molecular flexibility index (Phi) is 12.1. The lowest BCUT2D eigenvalue weighted by atomic mass is 10.1. The van der Waals surface area contributed by atoms with Crippen LogP contribution in [0.2, 0.25) is 5.02 Å². The van der Waals surface area contributed by atoms with Gasteiger partial charge in [-0.05, 0) is 91.8 Å². The smallest absolute Gasteiger partial charge is 0.341 e. The Morgan fingerprint density at radius 1 is 0.938 bits per heavy atom. The van der Waals surface area contributed by atoms with E-state index in [1.165, 1.54) is 30.2 Å². The van der Waals surface area contributed by atoms with Crippen LogP contribution >= 0.6 is 34.7 Å². The van der Waals surface area contributed by atoms with Crippen LogP contribution in [0.4, 0.5) is 10.7 Å². The maximum Gasteiger partial charge on any atom is 0.341 e. The SMILES string of the molecule is CCC(Sc1cccc(NC(=O)/C(=C/c2cccc(Cl)c2)NC(=O)c2ccccc2)c1)C(=O)Nc1sc2c(c1C(=O)OC)CCCCC2. The van der Waals surface area contributed by atoms with Crippen molar-refractivity contribution < 1.29 is 23.9 Å². The highest BCUT2D eigenvalue weighted by atomic mass is 35.5. The van der Waals surface area contributed by atoms with Crippen molar-refractivity contribution in [3.63, 3.8) is 0 Å². The maximum absolute atomic E-state index is 13.6. The van der Waals surface area contributed by atoms with Gasteiger partial charge in [-0.25, -0.2) is 4.79 Å². The summed E-state index contributed by atoms with van der Waals surface area (Å²) in [6.07, 6.45) is 6.94. The van der Waals surface area contributed by atoms with Crippen LogP contribution < -0.4 is 16.0 Å². The van der Waals surface area contributed by atoms with Gasteiger partial charge in [-0.2, -0.15) is 0 Å². The Bertz CT molecular complexity index is 1840. The normalized spacial score (nSPS) is 13.4. The van der Waals surface area contributed by atoms with E-state index in [4.69, 9.17) is 16.3 Å². The number of carbonyl (C=O) groups is 4. The van der Waals surface area contributed by atoms with Crippen molar-refractivity contribution in [2.24, 2.45) is 0 Å². The molecular formula is C37H36ClN3O5S2. The van der Waals surface area contributed by atoms with E-state index in [9.17, 15) is 19.2 Å².